The fourth-order valence-electron chi connectivity index (χ4n) is 3.69. The molecule has 7 nitrogen and oxygen atoms in total. The molecule has 3 rings (SSSR count). The highest BCUT2D eigenvalue weighted by Gasteiger charge is 2.33. The largest absolute Gasteiger partial charge is 0.477 e. The van der Waals surface area contributed by atoms with Crippen LogP contribution < -0.4 is 4.90 Å². The maximum absolute atomic E-state index is 13.6. The molecule has 2 heterocycles. The van der Waals surface area contributed by atoms with Gasteiger partial charge in [0.15, 0.2) is 5.82 Å². The summed E-state index contributed by atoms with van der Waals surface area (Å²) in [4.78, 5) is 32.2. The van der Waals surface area contributed by atoms with Gasteiger partial charge in [-0.15, -0.1) is 11.3 Å². The van der Waals surface area contributed by atoms with Gasteiger partial charge >= 0.3 is 5.97 Å². The summed E-state index contributed by atoms with van der Waals surface area (Å²) in [5.74, 6) is 6.34. The van der Waals surface area contributed by atoms with Crippen LogP contribution in [0.5, 0.6) is 0 Å². The standard InChI is InChI=1S/C24H31N3O4S/c1-6-19-25-20(31-26-19)14-27(22(28)16-9-7-15(2)8-10-16)18-13-17(11-12-24(3,4)5)32-21(18)23(29)30/h13,15-16H,6-10,14H2,1-5H3,(H,29,30)/t15-,16-. The third kappa shape index (κ3) is 5.98. The molecule has 0 spiro atoms. The fourth-order valence-corrected chi connectivity index (χ4v) is 4.54. The van der Waals surface area contributed by atoms with Gasteiger partial charge in [-0.1, -0.05) is 30.8 Å². The number of aryl methyl sites for hydroxylation is 1. The van der Waals surface area contributed by atoms with Crippen LogP contribution in [-0.4, -0.2) is 27.1 Å². The minimum atomic E-state index is -1.08. The molecule has 1 aliphatic rings. The smallest absolute Gasteiger partial charge is 0.348 e. The monoisotopic (exact) mass is 457 g/mol. The number of anilines is 1. The highest BCUT2D eigenvalue weighted by Crippen LogP contribution is 2.36. The SMILES string of the molecule is CCc1noc(CN(c2cc(C#CC(C)(C)C)sc2C(=O)O)C(=O)[C@H]2CC[C@H](C)CC2)n1. The number of carbonyl (C=O) groups is 2. The van der Waals surface area contributed by atoms with Crippen LogP contribution in [0.15, 0.2) is 10.6 Å². The molecule has 172 valence electrons. The van der Waals surface area contributed by atoms with Gasteiger partial charge in [-0.3, -0.25) is 4.79 Å². The van der Waals surface area contributed by atoms with Crippen LogP contribution in [0, 0.1) is 29.1 Å². The molecule has 1 aliphatic carbocycles. The second kappa shape index (κ2) is 9.86. The Kier molecular flexibility index (Phi) is 7.40. The Morgan fingerprint density at radius 3 is 2.53 bits per heavy atom. The van der Waals surface area contributed by atoms with Gasteiger partial charge in [0.25, 0.3) is 0 Å². The van der Waals surface area contributed by atoms with Crippen LogP contribution in [0.1, 0.15) is 86.6 Å². The van der Waals surface area contributed by atoms with Crippen molar-refractivity contribution in [2.75, 3.05) is 4.90 Å². The first-order valence-electron chi connectivity index (χ1n) is 11.1. The minimum absolute atomic E-state index is 0.0427. The van der Waals surface area contributed by atoms with E-state index in [2.05, 4.69) is 28.9 Å². The second-order valence-electron chi connectivity index (χ2n) is 9.47. The number of amides is 1. The zero-order valence-electron chi connectivity index (χ0n) is 19.4. The van der Waals surface area contributed by atoms with Crippen LogP contribution >= 0.6 is 11.3 Å². The van der Waals surface area contributed by atoms with Crippen molar-refractivity contribution in [1.29, 1.82) is 0 Å². The molecule has 0 bridgehead atoms. The van der Waals surface area contributed by atoms with E-state index in [-0.39, 0.29) is 28.7 Å². The lowest BCUT2D eigenvalue weighted by Gasteiger charge is -2.30. The summed E-state index contributed by atoms with van der Waals surface area (Å²) in [7, 11) is 0. The second-order valence-corrected chi connectivity index (χ2v) is 10.5. The van der Waals surface area contributed by atoms with Gasteiger partial charge in [0.1, 0.15) is 11.4 Å². The summed E-state index contributed by atoms with van der Waals surface area (Å²) in [5, 5.41) is 13.8. The first-order chi connectivity index (χ1) is 15.1. The molecule has 0 radical (unpaired) electrons. The normalized spacial score (nSPS) is 18.7. The number of carboxylic acids is 1. The molecule has 2 aromatic rings. The molecule has 1 fully saturated rings. The Hall–Kier alpha value is -2.66. The molecule has 1 saturated carbocycles. The zero-order valence-corrected chi connectivity index (χ0v) is 20.2. The van der Waals surface area contributed by atoms with E-state index >= 15 is 0 Å². The van der Waals surface area contributed by atoms with Crippen molar-refractivity contribution in [1.82, 2.24) is 10.1 Å². The third-order valence-electron chi connectivity index (χ3n) is 5.51. The molecule has 0 atom stereocenters. The molecule has 0 aromatic carbocycles. The average Bonchev–Trinajstić information content (AvgIpc) is 3.37. The molecule has 0 unspecified atom stereocenters. The Balaban J connectivity index is 2.01. The summed E-state index contributed by atoms with van der Waals surface area (Å²) in [6, 6.07) is 1.70. The number of thiophene rings is 1. The number of carbonyl (C=O) groups excluding carboxylic acids is 1. The molecule has 2 aromatic heterocycles. The highest BCUT2D eigenvalue weighted by molar-refractivity contribution is 7.15. The first-order valence-corrected chi connectivity index (χ1v) is 11.9. The Labute approximate surface area is 193 Å². The summed E-state index contributed by atoms with van der Waals surface area (Å²) < 4.78 is 5.33. The molecule has 1 amide bonds. The maximum Gasteiger partial charge on any atom is 0.348 e. The van der Waals surface area contributed by atoms with E-state index in [1.165, 1.54) is 4.90 Å². The summed E-state index contributed by atoms with van der Waals surface area (Å²) in [6.07, 6.45) is 4.18. The van der Waals surface area contributed by atoms with Crippen molar-refractivity contribution in [3.63, 3.8) is 0 Å². The number of hydrogen-bond acceptors (Lipinski definition) is 6. The number of carboxylic acid groups (broad SMARTS) is 1. The van der Waals surface area contributed by atoms with E-state index < -0.39 is 5.97 Å². The van der Waals surface area contributed by atoms with Gasteiger partial charge in [0, 0.05) is 17.8 Å². The number of aromatic nitrogens is 2. The van der Waals surface area contributed by atoms with Gasteiger partial charge in [0.2, 0.25) is 11.8 Å². The lowest BCUT2D eigenvalue weighted by molar-refractivity contribution is -0.123. The minimum Gasteiger partial charge on any atom is -0.477 e. The van der Waals surface area contributed by atoms with E-state index in [9.17, 15) is 14.7 Å². The van der Waals surface area contributed by atoms with Gasteiger partial charge in [0.05, 0.1) is 10.6 Å². The average molecular weight is 458 g/mol. The number of nitrogens with zero attached hydrogens (tertiary/aromatic N) is 3. The molecule has 0 aliphatic heterocycles. The van der Waals surface area contributed by atoms with E-state index in [1.807, 2.05) is 27.7 Å². The van der Waals surface area contributed by atoms with Crippen molar-refractivity contribution in [3.05, 3.63) is 27.5 Å². The molecule has 8 heteroatoms. The zero-order chi connectivity index (χ0) is 23.5. The van der Waals surface area contributed by atoms with Gasteiger partial charge in [-0.05, 0) is 58.4 Å². The number of hydrogen-bond donors (Lipinski definition) is 1. The van der Waals surface area contributed by atoms with Gasteiger partial charge < -0.3 is 14.5 Å². The van der Waals surface area contributed by atoms with Crippen LogP contribution in [0.4, 0.5) is 5.69 Å². The van der Waals surface area contributed by atoms with Gasteiger partial charge in [-0.2, -0.15) is 4.98 Å². The molecular formula is C24H31N3O4S. The summed E-state index contributed by atoms with van der Waals surface area (Å²) in [6.45, 7) is 10.1. The highest BCUT2D eigenvalue weighted by atomic mass is 32.1. The van der Waals surface area contributed by atoms with Crippen molar-refractivity contribution < 1.29 is 19.2 Å². The molecule has 32 heavy (non-hydrogen) atoms. The van der Waals surface area contributed by atoms with Crippen molar-refractivity contribution >= 4 is 28.9 Å². The molecule has 1 N–H and O–H groups in total. The van der Waals surface area contributed by atoms with Crippen molar-refractivity contribution in [2.45, 2.75) is 73.3 Å². The number of aromatic carboxylic acids is 1. The topological polar surface area (TPSA) is 96.5 Å². The van der Waals surface area contributed by atoms with E-state index in [0.717, 1.165) is 37.0 Å². The summed E-state index contributed by atoms with van der Waals surface area (Å²) >= 11 is 1.09. The van der Waals surface area contributed by atoms with E-state index in [0.29, 0.717) is 34.6 Å². The number of rotatable bonds is 6. The predicted octanol–water partition coefficient (Wildman–Crippen LogP) is 5.15. The van der Waals surface area contributed by atoms with Crippen molar-refractivity contribution in [2.24, 2.45) is 17.3 Å². The van der Waals surface area contributed by atoms with Gasteiger partial charge in [-0.25, -0.2) is 4.79 Å². The lowest BCUT2D eigenvalue weighted by Crippen LogP contribution is -2.38. The van der Waals surface area contributed by atoms with Crippen LogP contribution in [0.2, 0.25) is 0 Å². The Morgan fingerprint density at radius 2 is 1.97 bits per heavy atom. The predicted molar refractivity (Wildman–Crippen MR) is 124 cm³/mol. The molecule has 0 saturated heterocycles. The quantitative estimate of drug-likeness (QED) is 0.603. The van der Waals surface area contributed by atoms with Crippen molar-refractivity contribution in [3.8, 4) is 11.8 Å². The first kappa shape index (κ1) is 24.0. The lowest BCUT2D eigenvalue weighted by atomic mass is 9.82. The third-order valence-corrected chi connectivity index (χ3v) is 6.54. The van der Waals surface area contributed by atoms with Crippen LogP contribution in [0.3, 0.4) is 0 Å². The van der Waals surface area contributed by atoms with E-state index in [4.69, 9.17) is 4.52 Å². The van der Waals surface area contributed by atoms with Crippen LogP contribution in [-0.2, 0) is 17.8 Å². The maximum atomic E-state index is 13.6. The molecular weight excluding hydrogens is 426 g/mol. The van der Waals surface area contributed by atoms with Crippen LogP contribution in [0.25, 0.3) is 0 Å². The Bertz CT molecular complexity index is 1030. The summed E-state index contributed by atoms with van der Waals surface area (Å²) in [5.41, 5.74) is 0.128. The van der Waals surface area contributed by atoms with E-state index in [1.54, 1.807) is 6.07 Å². The fraction of sp³-hybridized carbons (Fsp3) is 0.583. The Morgan fingerprint density at radius 1 is 1.28 bits per heavy atom.